The fraction of sp³-hybridized carbons (Fsp3) is 1.00. The molecule has 0 aromatic rings. The van der Waals surface area contributed by atoms with E-state index in [2.05, 4.69) is 23.8 Å². The zero-order valence-corrected chi connectivity index (χ0v) is 9.50. The lowest BCUT2D eigenvalue weighted by Gasteiger charge is -2.56. The van der Waals surface area contributed by atoms with Gasteiger partial charge in [0, 0.05) is 32.2 Å². The lowest BCUT2D eigenvalue weighted by molar-refractivity contribution is -0.0728. The Morgan fingerprint density at radius 2 is 1.93 bits per heavy atom. The molecule has 0 amide bonds. The Kier molecular flexibility index (Phi) is 1.94. The topological polar surface area (TPSA) is 6.48 Å². The van der Waals surface area contributed by atoms with E-state index in [0.29, 0.717) is 0 Å². The van der Waals surface area contributed by atoms with Gasteiger partial charge < -0.3 is 4.90 Å². The van der Waals surface area contributed by atoms with Crippen LogP contribution in [0.25, 0.3) is 0 Å². The Balaban J connectivity index is 1.51. The second-order valence-electron chi connectivity index (χ2n) is 6.13. The van der Waals surface area contributed by atoms with E-state index in [1.165, 1.54) is 45.4 Å². The van der Waals surface area contributed by atoms with Gasteiger partial charge in [-0.1, -0.05) is 13.3 Å². The zero-order valence-electron chi connectivity index (χ0n) is 9.50. The van der Waals surface area contributed by atoms with Gasteiger partial charge in [-0.05, 0) is 31.2 Å². The van der Waals surface area contributed by atoms with Gasteiger partial charge in [0.15, 0.2) is 0 Å². The van der Waals surface area contributed by atoms with Crippen LogP contribution in [0.1, 0.15) is 26.2 Å². The maximum absolute atomic E-state index is 2.72. The van der Waals surface area contributed by atoms with Gasteiger partial charge in [0.25, 0.3) is 0 Å². The highest BCUT2D eigenvalue weighted by molar-refractivity contribution is 5.03. The third-order valence-corrected chi connectivity index (χ3v) is 4.59. The van der Waals surface area contributed by atoms with Crippen LogP contribution in [0.2, 0.25) is 0 Å². The molecule has 80 valence electrons. The molecule has 2 heterocycles. The van der Waals surface area contributed by atoms with E-state index in [9.17, 15) is 0 Å². The summed E-state index contributed by atoms with van der Waals surface area (Å²) in [5, 5.41) is 0. The number of likely N-dealkylation sites (N-methyl/N-ethyl adjacent to an activating group) is 1. The number of likely N-dealkylation sites (tertiary alicyclic amines) is 2. The molecule has 1 atom stereocenters. The lowest BCUT2D eigenvalue weighted by atomic mass is 9.76. The van der Waals surface area contributed by atoms with Crippen molar-refractivity contribution in [2.75, 3.05) is 33.2 Å². The molecule has 0 aromatic carbocycles. The minimum absolute atomic E-state index is 0.771. The Labute approximate surface area is 87.3 Å². The van der Waals surface area contributed by atoms with E-state index in [1.807, 2.05) is 0 Å². The fourth-order valence-corrected chi connectivity index (χ4v) is 3.75. The first-order chi connectivity index (χ1) is 6.67. The highest BCUT2D eigenvalue weighted by atomic mass is 15.3. The zero-order chi connectivity index (χ0) is 9.76. The molecule has 3 rings (SSSR count). The number of hydrogen-bond donors (Lipinski definition) is 0. The summed E-state index contributed by atoms with van der Waals surface area (Å²) >= 11 is 0. The second kappa shape index (κ2) is 2.96. The van der Waals surface area contributed by atoms with Gasteiger partial charge in [-0.25, -0.2) is 0 Å². The molecule has 1 saturated carbocycles. The van der Waals surface area contributed by atoms with Crippen LogP contribution in [0.5, 0.6) is 0 Å². The summed E-state index contributed by atoms with van der Waals surface area (Å²) in [5.74, 6) is 1.00. The van der Waals surface area contributed by atoms with Crippen LogP contribution < -0.4 is 0 Å². The Hall–Kier alpha value is -0.0800. The normalized spacial score (nSPS) is 38.6. The van der Waals surface area contributed by atoms with Crippen LogP contribution >= 0.6 is 0 Å². The van der Waals surface area contributed by atoms with Crippen LogP contribution in [0, 0.1) is 11.3 Å². The SMILES string of the molecule is CC1CCC2(C1)CN(C1CN(C)C1)C2. The third-order valence-electron chi connectivity index (χ3n) is 4.59. The van der Waals surface area contributed by atoms with E-state index in [1.54, 1.807) is 0 Å². The minimum Gasteiger partial charge on any atom is -0.303 e. The smallest absolute Gasteiger partial charge is 0.0350 e. The summed E-state index contributed by atoms with van der Waals surface area (Å²) in [6.07, 6.45) is 4.50. The molecule has 0 aromatic heterocycles. The van der Waals surface area contributed by atoms with Crippen LogP contribution in [0.15, 0.2) is 0 Å². The molecule has 3 aliphatic rings. The van der Waals surface area contributed by atoms with Gasteiger partial charge in [0.1, 0.15) is 0 Å². The van der Waals surface area contributed by atoms with Crippen LogP contribution in [0.3, 0.4) is 0 Å². The van der Waals surface area contributed by atoms with Crippen molar-refractivity contribution in [3.8, 4) is 0 Å². The molecule has 0 N–H and O–H groups in total. The quantitative estimate of drug-likeness (QED) is 0.623. The molecule has 0 bridgehead atoms. The van der Waals surface area contributed by atoms with Crippen molar-refractivity contribution in [1.82, 2.24) is 9.80 Å². The average molecular weight is 194 g/mol. The van der Waals surface area contributed by atoms with E-state index in [4.69, 9.17) is 0 Å². The van der Waals surface area contributed by atoms with Crippen molar-refractivity contribution in [3.63, 3.8) is 0 Å². The van der Waals surface area contributed by atoms with Crippen LogP contribution in [-0.4, -0.2) is 49.1 Å². The van der Waals surface area contributed by atoms with Crippen molar-refractivity contribution in [2.45, 2.75) is 32.2 Å². The predicted molar refractivity (Wildman–Crippen MR) is 58.3 cm³/mol. The van der Waals surface area contributed by atoms with Gasteiger partial charge in [0.05, 0.1) is 0 Å². The predicted octanol–water partition coefficient (Wildman–Crippen LogP) is 1.42. The summed E-state index contributed by atoms with van der Waals surface area (Å²) in [5.41, 5.74) is 0.771. The first kappa shape index (κ1) is 9.17. The van der Waals surface area contributed by atoms with Crippen molar-refractivity contribution in [3.05, 3.63) is 0 Å². The van der Waals surface area contributed by atoms with Crippen molar-refractivity contribution < 1.29 is 0 Å². The number of rotatable bonds is 1. The molecule has 2 heteroatoms. The number of nitrogens with zero attached hydrogens (tertiary/aromatic N) is 2. The Morgan fingerprint density at radius 1 is 1.21 bits per heavy atom. The van der Waals surface area contributed by atoms with Crippen molar-refractivity contribution in [2.24, 2.45) is 11.3 Å². The van der Waals surface area contributed by atoms with E-state index < -0.39 is 0 Å². The highest BCUT2D eigenvalue weighted by Gasteiger charge is 2.49. The fourth-order valence-electron chi connectivity index (χ4n) is 3.75. The molecule has 14 heavy (non-hydrogen) atoms. The second-order valence-corrected chi connectivity index (χ2v) is 6.13. The van der Waals surface area contributed by atoms with E-state index in [-0.39, 0.29) is 0 Å². The molecule has 0 radical (unpaired) electrons. The standard InChI is InChI=1S/C12H22N2/c1-10-3-4-12(5-10)8-14(9-12)11-6-13(2)7-11/h10-11H,3-9H2,1-2H3. The third kappa shape index (κ3) is 1.31. The van der Waals surface area contributed by atoms with Gasteiger partial charge in [-0.2, -0.15) is 0 Å². The highest BCUT2D eigenvalue weighted by Crippen LogP contribution is 2.49. The summed E-state index contributed by atoms with van der Waals surface area (Å²) in [7, 11) is 2.23. The molecular weight excluding hydrogens is 172 g/mol. The van der Waals surface area contributed by atoms with Gasteiger partial charge in [0.2, 0.25) is 0 Å². The maximum Gasteiger partial charge on any atom is 0.0350 e. The molecular formula is C12H22N2. The van der Waals surface area contributed by atoms with Gasteiger partial charge in [-0.15, -0.1) is 0 Å². The Bertz CT molecular complexity index is 226. The molecule has 2 aliphatic heterocycles. The Morgan fingerprint density at radius 3 is 2.43 bits per heavy atom. The van der Waals surface area contributed by atoms with Crippen molar-refractivity contribution >= 4 is 0 Å². The molecule has 2 saturated heterocycles. The van der Waals surface area contributed by atoms with Crippen LogP contribution in [0.4, 0.5) is 0 Å². The first-order valence-electron chi connectivity index (χ1n) is 6.09. The molecule has 2 nitrogen and oxygen atoms in total. The largest absolute Gasteiger partial charge is 0.303 e. The summed E-state index contributed by atoms with van der Waals surface area (Å²) < 4.78 is 0. The van der Waals surface area contributed by atoms with E-state index >= 15 is 0 Å². The van der Waals surface area contributed by atoms with Crippen molar-refractivity contribution in [1.29, 1.82) is 0 Å². The summed E-state index contributed by atoms with van der Waals surface area (Å²) in [6, 6.07) is 0.904. The maximum atomic E-state index is 2.72. The van der Waals surface area contributed by atoms with Gasteiger partial charge in [-0.3, -0.25) is 4.90 Å². The molecule has 1 unspecified atom stereocenters. The monoisotopic (exact) mass is 194 g/mol. The number of hydrogen-bond acceptors (Lipinski definition) is 2. The lowest BCUT2D eigenvalue weighted by Crippen LogP contribution is -2.67. The van der Waals surface area contributed by atoms with E-state index in [0.717, 1.165) is 17.4 Å². The van der Waals surface area contributed by atoms with Gasteiger partial charge >= 0.3 is 0 Å². The molecule has 3 fully saturated rings. The summed E-state index contributed by atoms with van der Waals surface area (Å²) in [4.78, 5) is 5.14. The summed E-state index contributed by atoms with van der Waals surface area (Å²) in [6.45, 7) is 7.87. The molecule has 1 aliphatic carbocycles. The first-order valence-corrected chi connectivity index (χ1v) is 6.09. The molecule has 1 spiro atoms. The van der Waals surface area contributed by atoms with Crippen LogP contribution in [-0.2, 0) is 0 Å². The minimum atomic E-state index is 0.771. The average Bonchev–Trinajstić information content (AvgIpc) is 2.39.